The minimum Gasteiger partial charge on any atom is -0.342 e. The molecule has 142 valence electrons. The molecule has 27 heavy (non-hydrogen) atoms. The Morgan fingerprint density at radius 2 is 1.74 bits per heavy atom. The van der Waals surface area contributed by atoms with Crippen LogP contribution >= 0.6 is 23.2 Å². The van der Waals surface area contributed by atoms with Gasteiger partial charge in [0.1, 0.15) is 0 Å². The molecule has 0 bridgehead atoms. The molecule has 1 aliphatic carbocycles. The summed E-state index contributed by atoms with van der Waals surface area (Å²) >= 11 is 12.8. The molecule has 0 N–H and O–H groups in total. The lowest BCUT2D eigenvalue weighted by Crippen LogP contribution is -2.32. The van der Waals surface area contributed by atoms with Crippen molar-refractivity contribution in [3.05, 3.63) is 69.2 Å². The smallest absolute Gasteiger partial charge is 0.226 e. The number of halogens is 2. The van der Waals surface area contributed by atoms with Gasteiger partial charge in [0.2, 0.25) is 5.91 Å². The van der Waals surface area contributed by atoms with Gasteiger partial charge in [0, 0.05) is 29.1 Å². The van der Waals surface area contributed by atoms with Crippen molar-refractivity contribution in [3.8, 4) is 0 Å². The van der Waals surface area contributed by atoms with Crippen molar-refractivity contribution in [2.24, 2.45) is 11.8 Å². The van der Waals surface area contributed by atoms with Crippen LogP contribution in [-0.4, -0.2) is 23.9 Å². The fraction of sp³-hybridized carbons (Fsp3) is 0.435. The lowest BCUT2D eigenvalue weighted by Gasteiger charge is -2.40. The molecule has 4 heteroatoms. The Hall–Kier alpha value is -1.51. The molecule has 4 rings (SSSR count). The molecule has 2 aromatic carbocycles. The Balaban J connectivity index is 1.78. The maximum absolute atomic E-state index is 12.8. The van der Waals surface area contributed by atoms with Gasteiger partial charge in [-0.3, -0.25) is 4.79 Å². The normalized spacial score (nSPS) is 27.7. The van der Waals surface area contributed by atoms with Gasteiger partial charge in [-0.25, -0.2) is 0 Å². The van der Waals surface area contributed by atoms with Crippen LogP contribution in [0.3, 0.4) is 0 Å². The first kappa shape index (κ1) is 18.8. The van der Waals surface area contributed by atoms with E-state index in [0.29, 0.717) is 17.7 Å². The van der Waals surface area contributed by atoms with Gasteiger partial charge in [-0.05, 0) is 79.3 Å². The number of likely N-dealkylation sites (tertiary alicyclic amines) is 1. The number of hydrogen-bond acceptors (Lipinski definition) is 1. The number of benzene rings is 2. The molecule has 4 atom stereocenters. The lowest BCUT2D eigenvalue weighted by atomic mass is 9.63. The molecule has 0 spiro atoms. The van der Waals surface area contributed by atoms with E-state index in [2.05, 4.69) is 44.2 Å². The number of nitrogens with zero attached hydrogens (tertiary/aromatic N) is 1. The van der Waals surface area contributed by atoms with Crippen LogP contribution in [0.4, 0.5) is 0 Å². The third-order valence-corrected chi connectivity index (χ3v) is 7.03. The highest BCUT2D eigenvalue weighted by Crippen LogP contribution is 2.53. The molecule has 1 saturated heterocycles. The molecule has 2 aliphatic rings. The van der Waals surface area contributed by atoms with Crippen LogP contribution in [0.2, 0.25) is 10.0 Å². The third kappa shape index (κ3) is 3.39. The summed E-state index contributed by atoms with van der Waals surface area (Å²) in [4.78, 5) is 14.9. The van der Waals surface area contributed by atoms with E-state index in [4.69, 9.17) is 23.2 Å². The predicted molar refractivity (Wildman–Crippen MR) is 112 cm³/mol. The summed E-state index contributed by atoms with van der Waals surface area (Å²) in [5, 5.41) is 1.59. The molecule has 0 aromatic heterocycles. The van der Waals surface area contributed by atoms with Crippen molar-refractivity contribution >= 4 is 29.1 Å². The van der Waals surface area contributed by atoms with Crippen molar-refractivity contribution in [2.75, 3.05) is 13.1 Å². The first-order chi connectivity index (χ1) is 13.0. The van der Waals surface area contributed by atoms with Gasteiger partial charge in [-0.15, -0.1) is 0 Å². The summed E-state index contributed by atoms with van der Waals surface area (Å²) in [6, 6.07) is 14.6. The predicted octanol–water partition coefficient (Wildman–Crippen LogP) is 6.06. The van der Waals surface area contributed by atoms with Gasteiger partial charge < -0.3 is 4.90 Å². The number of carbonyl (C=O) groups is 1. The van der Waals surface area contributed by atoms with Crippen molar-refractivity contribution in [3.63, 3.8) is 0 Å². The van der Waals surface area contributed by atoms with E-state index >= 15 is 0 Å². The summed E-state index contributed by atoms with van der Waals surface area (Å²) < 4.78 is 0. The zero-order valence-electron chi connectivity index (χ0n) is 15.8. The van der Waals surface area contributed by atoms with E-state index in [9.17, 15) is 4.79 Å². The number of amides is 1. The molecule has 2 fully saturated rings. The van der Waals surface area contributed by atoms with Crippen LogP contribution in [0.1, 0.15) is 48.3 Å². The zero-order chi connectivity index (χ0) is 19.1. The Morgan fingerprint density at radius 1 is 1.04 bits per heavy atom. The highest BCUT2D eigenvalue weighted by Gasteiger charge is 2.49. The van der Waals surface area contributed by atoms with Crippen molar-refractivity contribution in [1.29, 1.82) is 0 Å². The average Bonchev–Trinajstić information content (AvgIpc) is 2.98. The van der Waals surface area contributed by atoms with Crippen LogP contribution in [0.5, 0.6) is 0 Å². The van der Waals surface area contributed by atoms with Gasteiger partial charge >= 0.3 is 0 Å². The van der Waals surface area contributed by atoms with Crippen molar-refractivity contribution < 1.29 is 4.79 Å². The molecule has 0 radical (unpaired) electrons. The molecule has 1 heterocycles. The van der Waals surface area contributed by atoms with Crippen LogP contribution in [-0.2, 0) is 4.79 Å². The SMILES string of the molecule is CCN1CC2C(CCC(c3ccc(C)cc3Cl)C2c2ccc(Cl)cc2)C1=O. The number of hydrogen-bond donors (Lipinski definition) is 0. The van der Waals surface area contributed by atoms with Crippen molar-refractivity contribution in [1.82, 2.24) is 4.90 Å². The van der Waals surface area contributed by atoms with Crippen LogP contribution in [0.25, 0.3) is 0 Å². The zero-order valence-corrected chi connectivity index (χ0v) is 17.3. The summed E-state index contributed by atoms with van der Waals surface area (Å²) in [5.41, 5.74) is 3.65. The fourth-order valence-corrected chi connectivity index (χ4v) is 5.66. The van der Waals surface area contributed by atoms with Gasteiger partial charge in [0.05, 0.1) is 0 Å². The molecule has 1 aliphatic heterocycles. The molecular weight excluding hydrogens is 377 g/mol. The number of carbonyl (C=O) groups excluding carboxylic acids is 1. The maximum atomic E-state index is 12.8. The average molecular weight is 402 g/mol. The Morgan fingerprint density at radius 3 is 2.41 bits per heavy atom. The number of fused-ring (bicyclic) bond motifs is 1. The fourth-order valence-electron chi connectivity index (χ4n) is 5.16. The van der Waals surface area contributed by atoms with Gasteiger partial charge in [0.15, 0.2) is 0 Å². The standard InChI is InChI=1S/C23H25Cl2NO/c1-3-26-13-20-19(23(26)27)11-10-18(17-9-4-14(2)12-21(17)25)22(20)15-5-7-16(24)8-6-15/h4-9,12,18-20,22H,3,10-11,13H2,1-2H3. The first-order valence-electron chi connectivity index (χ1n) is 9.80. The van der Waals surface area contributed by atoms with Gasteiger partial charge in [-0.2, -0.15) is 0 Å². The highest BCUT2D eigenvalue weighted by atomic mass is 35.5. The monoisotopic (exact) mass is 401 g/mol. The van der Waals surface area contributed by atoms with Gasteiger partial charge in [0.25, 0.3) is 0 Å². The van der Waals surface area contributed by atoms with Crippen LogP contribution in [0, 0.1) is 18.8 Å². The van der Waals surface area contributed by atoms with E-state index in [0.717, 1.165) is 36.0 Å². The second kappa shape index (κ2) is 7.48. The van der Waals surface area contributed by atoms with E-state index in [1.54, 1.807) is 0 Å². The second-order valence-electron chi connectivity index (χ2n) is 7.93. The van der Waals surface area contributed by atoms with Gasteiger partial charge in [-0.1, -0.05) is 47.5 Å². The molecule has 2 aromatic rings. The van der Waals surface area contributed by atoms with Crippen LogP contribution < -0.4 is 0 Å². The topological polar surface area (TPSA) is 20.3 Å². The lowest BCUT2D eigenvalue weighted by molar-refractivity contribution is -0.131. The molecule has 2 nitrogen and oxygen atoms in total. The second-order valence-corrected chi connectivity index (χ2v) is 8.78. The summed E-state index contributed by atoms with van der Waals surface area (Å²) in [6.07, 6.45) is 1.93. The molecule has 1 amide bonds. The molecule has 4 unspecified atom stereocenters. The minimum atomic E-state index is 0.131. The van der Waals surface area contributed by atoms with E-state index < -0.39 is 0 Å². The highest BCUT2D eigenvalue weighted by molar-refractivity contribution is 6.31. The third-order valence-electron chi connectivity index (χ3n) is 6.45. The number of aryl methyl sites for hydroxylation is 1. The Bertz CT molecular complexity index is 848. The van der Waals surface area contributed by atoms with E-state index in [-0.39, 0.29) is 11.8 Å². The Kier molecular flexibility index (Phi) is 5.22. The van der Waals surface area contributed by atoms with Crippen LogP contribution in [0.15, 0.2) is 42.5 Å². The number of rotatable bonds is 3. The largest absolute Gasteiger partial charge is 0.342 e. The van der Waals surface area contributed by atoms with E-state index in [1.807, 2.05) is 17.0 Å². The molecule has 1 saturated carbocycles. The molecular formula is C23H25Cl2NO. The summed E-state index contributed by atoms with van der Waals surface area (Å²) in [6.45, 7) is 5.77. The quantitative estimate of drug-likeness (QED) is 0.611. The van der Waals surface area contributed by atoms with Crippen molar-refractivity contribution in [2.45, 2.75) is 38.5 Å². The summed E-state index contributed by atoms with van der Waals surface area (Å²) in [5.74, 6) is 1.39. The maximum Gasteiger partial charge on any atom is 0.226 e. The minimum absolute atomic E-state index is 0.131. The Labute approximate surface area is 171 Å². The van der Waals surface area contributed by atoms with E-state index in [1.165, 1.54) is 16.7 Å². The first-order valence-corrected chi connectivity index (χ1v) is 10.6. The summed E-state index contributed by atoms with van der Waals surface area (Å²) in [7, 11) is 0.